The van der Waals surface area contributed by atoms with Crippen LogP contribution in [0, 0.1) is 5.41 Å². The topological polar surface area (TPSA) is 152 Å². The standard InChI is InChI=1S/C27H23N5O3S/c28-26(29)21-5-3-4-18(16-21)17-24(20-12-14-31-15-13-20)27(33)32-22-10-8-19(9-11-22)23-6-1-2-7-25(23)36(30,34)35/h1-17H,(H3,28,29)(H,32,33)(H2,30,34,35)/b24-17+. The van der Waals surface area contributed by atoms with E-state index in [1.54, 1.807) is 91.3 Å². The van der Waals surface area contributed by atoms with Crippen molar-refractivity contribution < 1.29 is 13.2 Å². The van der Waals surface area contributed by atoms with E-state index >= 15 is 0 Å². The monoisotopic (exact) mass is 497 g/mol. The molecule has 0 radical (unpaired) electrons. The third-order valence-electron chi connectivity index (χ3n) is 5.39. The van der Waals surface area contributed by atoms with Gasteiger partial charge in [0.1, 0.15) is 5.84 Å². The third-order valence-corrected chi connectivity index (χ3v) is 6.36. The zero-order chi connectivity index (χ0) is 25.7. The number of amidine groups is 1. The molecule has 3 aromatic carbocycles. The molecule has 36 heavy (non-hydrogen) atoms. The summed E-state index contributed by atoms with van der Waals surface area (Å²) >= 11 is 0. The first-order chi connectivity index (χ1) is 17.2. The lowest BCUT2D eigenvalue weighted by Gasteiger charge is -2.12. The third kappa shape index (κ3) is 5.72. The molecule has 0 saturated carbocycles. The molecule has 0 unspecified atom stereocenters. The summed E-state index contributed by atoms with van der Waals surface area (Å²) in [7, 11) is -3.89. The van der Waals surface area contributed by atoms with Crippen LogP contribution < -0.4 is 16.2 Å². The molecular formula is C27H23N5O3S. The smallest absolute Gasteiger partial charge is 0.256 e. The van der Waals surface area contributed by atoms with Crippen molar-refractivity contribution in [1.82, 2.24) is 4.98 Å². The van der Waals surface area contributed by atoms with Crippen LogP contribution in [0.2, 0.25) is 0 Å². The molecule has 0 aliphatic carbocycles. The molecule has 0 aliphatic heterocycles. The van der Waals surface area contributed by atoms with Crippen LogP contribution in [-0.2, 0) is 14.8 Å². The largest absolute Gasteiger partial charge is 0.384 e. The van der Waals surface area contributed by atoms with E-state index in [0.717, 1.165) is 0 Å². The van der Waals surface area contributed by atoms with E-state index in [4.69, 9.17) is 16.3 Å². The quantitative estimate of drug-likeness (QED) is 0.174. The van der Waals surface area contributed by atoms with E-state index in [1.165, 1.54) is 6.07 Å². The minimum Gasteiger partial charge on any atom is -0.384 e. The van der Waals surface area contributed by atoms with Crippen LogP contribution in [0.5, 0.6) is 0 Å². The summed E-state index contributed by atoms with van der Waals surface area (Å²) in [6, 6.07) is 23.8. The lowest BCUT2D eigenvalue weighted by atomic mass is 10.0. The van der Waals surface area contributed by atoms with Crippen LogP contribution in [0.1, 0.15) is 16.7 Å². The van der Waals surface area contributed by atoms with Crippen molar-refractivity contribution in [2.45, 2.75) is 4.90 Å². The number of sulfonamides is 1. The van der Waals surface area contributed by atoms with Crippen molar-refractivity contribution in [3.05, 3.63) is 114 Å². The summed E-state index contributed by atoms with van der Waals surface area (Å²) in [5, 5.41) is 15.9. The first-order valence-corrected chi connectivity index (χ1v) is 12.4. The second-order valence-corrected chi connectivity index (χ2v) is 9.44. The molecule has 0 saturated heterocycles. The van der Waals surface area contributed by atoms with E-state index in [-0.39, 0.29) is 16.6 Å². The molecule has 6 N–H and O–H groups in total. The lowest BCUT2D eigenvalue weighted by molar-refractivity contribution is -0.111. The van der Waals surface area contributed by atoms with Crippen molar-refractivity contribution in [3.8, 4) is 11.1 Å². The van der Waals surface area contributed by atoms with Crippen molar-refractivity contribution >= 4 is 39.1 Å². The van der Waals surface area contributed by atoms with Gasteiger partial charge in [-0.1, -0.05) is 48.5 Å². The summed E-state index contributed by atoms with van der Waals surface area (Å²) in [4.78, 5) is 17.4. The van der Waals surface area contributed by atoms with Crippen molar-refractivity contribution in [2.24, 2.45) is 10.9 Å². The van der Waals surface area contributed by atoms with E-state index < -0.39 is 10.0 Å². The summed E-state index contributed by atoms with van der Waals surface area (Å²) in [6.07, 6.45) is 4.91. The molecule has 0 spiro atoms. The first-order valence-electron chi connectivity index (χ1n) is 10.8. The maximum atomic E-state index is 13.3. The van der Waals surface area contributed by atoms with Crippen molar-refractivity contribution in [3.63, 3.8) is 0 Å². The molecule has 9 heteroatoms. The van der Waals surface area contributed by atoms with Crippen molar-refractivity contribution in [2.75, 3.05) is 5.32 Å². The second kappa shape index (κ2) is 10.3. The molecule has 0 aliphatic rings. The molecule has 8 nitrogen and oxygen atoms in total. The highest BCUT2D eigenvalue weighted by molar-refractivity contribution is 7.89. The molecule has 0 bridgehead atoms. The summed E-state index contributed by atoms with van der Waals surface area (Å²) in [6.45, 7) is 0. The number of primary sulfonamides is 1. The number of hydrogen-bond acceptors (Lipinski definition) is 5. The molecular weight excluding hydrogens is 474 g/mol. The molecule has 0 atom stereocenters. The van der Waals surface area contributed by atoms with Crippen LogP contribution in [0.4, 0.5) is 5.69 Å². The van der Waals surface area contributed by atoms with E-state index in [9.17, 15) is 13.2 Å². The van der Waals surface area contributed by atoms with Gasteiger partial charge in [0.15, 0.2) is 0 Å². The average molecular weight is 498 g/mol. The van der Waals surface area contributed by atoms with Gasteiger partial charge in [0.05, 0.1) is 4.90 Å². The highest BCUT2D eigenvalue weighted by Gasteiger charge is 2.16. The number of hydrogen-bond donors (Lipinski definition) is 4. The molecule has 1 amide bonds. The number of pyridine rings is 1. The zero-order valence-corrected chi connectivity index (χ0v) is 19.9. The van der Waals surface area contributed by atoms with Gasteiger partial charge < -0.3 is 11.1 Å². The number of benzene rings is 3. The molecule has 180 valence electrons. The van der Waals surface area contributed by atoms with Gasteiger partial charge in [-0.25, -0.2) is 13.6 Å². The Hall–Kier alpha value is -4.60. The van der Waals surface area contributed by atoms with E-state index in [0.29, 0.717) is 39.1 Å². The van der Waals surface area contributed by atoms with E-state index in [2.05, 4.69) is 10.3 Å². The minimum absolute atomic E-state index is 0.0254. The number of rotatable bonds is 7. The number of nitrogen functional groups attached to an aromatic ring is 1. The zero-order valence-electron chi connectivity index (χ0n) is 19.0. The normalized spacial score (nSPS) is 11.6. The summed E-state index contributed by atoms with van der Waals surface area (Å²) in [5.74, 6) is -0.420. The Morgan fingerprint density at radius 3 is 2.25 bits per heavy atom. The van der Waals surface area contributed by atoms with Gasteiger partial charge in [0, 0.05) is 34.8 Å². The SMILES string of the molecule is N=C(N)c1cccc(/C=C(/C(=O)Nc2ccc(-c3ccccc3S(N)(=O)=O)cc2)c2ccncc2)c1. The Labute approximate surface area is 208 Å². The Morgan fingerprint density at radius 1 is 0.889 bits per heavy atom. The van der Waals surface area contributed by atoms with Gasteiger partial charge in [-0.05, 0) is 59.2 Å². The number of nitrogens with one attached hydrogen (secondary N) is 2. The summed E-state index contributed by atoms with van der Waals surface area (Å²) < 4.78 is 23.9. The fraction of sp³-hybridized carbons (Fsp3) is 0. The fourth-order valence-electron chi connectivity index (χ4n) is 3.66. The minimum atomic E-state index is -3.89. The van der Waals surface area contributed by atoms with Crippen LogP contribution in [0.25, 0.3) is 22.8 Å². The number of nitrogens with zero attached hydrogens (tertiary/aromatic N) is 1. The predicted molar refractivity (Wildman–Crippen MR) is 141 cm³/mol. The van der Waals surface area contributed by atoms with Gasteiger partial charge in [-0.2, -0.15) is 0 Å². The summed E-state index contributed by atoms with van der Waals surface area (Å²) in [5.41, 5.74) is 9.56. The number of carbonyl (C=O) groups excluding carboxylic acids is 1. The number of carbonyl (C=O) groups is 1. The number of aromatic nitrogens is 1. The Kier molecular flexibility index (Phi) is 7.05. The van der Waals surface area contributed by atoms with Crippen LogP contribution >= 0.6 is 0 Å². The van der Waals surface area contributed by atoms with Gasteiger partial charge in [0.25, 0.3) is 5.91 Å². The predicted octanol–water partition coefficient (Wildman–Crippen LogP) is 3.86. The molecule has 4 aromatic rings. The maximum absolute atomic E-state index is 13.3. The van der Waals surface area contributed by atoms with Crippen LogP contribution in [0.3, 0.4) is 0 Å². The van der Waals surface area contributed by atoms with Gasteiger partial charge in [-0.3, -0.25) is 15.2 Å². The average Bonchev–Trinajstić information content (AvgIpc) is 2.88. The second-order valence-electron chi connectivity index (χ2n) is 7.91. The van der Waals surface area contributed by atoms with Gasteiger partial charge >= 0.3 is 0 Å². The molecule has 0 fully saturated rings. The lowest BCUT2D eigenvalue weighted by Crippen LogP contribution is -2.14. The number of nitrogens with two attached hydrogens (primary N) is 2. The Bertz CT molecular complexity index is 1560. The van der Waals surface area contributed by atoms with Crippen molar-refractivity contribution in [1.29, 1.82) is 5.41 Å². The number of amides is 1. The van der Waals surface area contributed by atoms with Gasteiger partial charge in [0.2, 0.25) is 10.0 Å². The van der Waals surface area contributed by atoms with E-state index in [1.807, 2.05) is 6.07 Å². The molecule has 4 rings (SSSR count). The molecule has 1 aromatic heterocycles. The highest BCUT2D eigenvalue weighted by Crippen LogP contribution is 2.28. The highest BCUT2D eigenvalue weighted by atomic mass is 32.2. The fourth-order valence-corrected chi connectivity index (χ4v) is 4.42. The molecule has 1 heterocycles. The number of anilines is 1. The Balaban J connectivity index is 1.65. The maximum Gasteiger partial charge on any atom is 0.256 e. The van der Waals surface area contributed by atoms with Crippen LogP contribution in [0.15, 0.2) is 102 Å². The van der Waals surface area contributed by atoms with Crippen LogP contribution in [-0.4, -0.2) is 25.1 Å². The first kappa shape index (κ1) is 24.5. The Morgan fingerprint density at radius 2 is 1.58 bits per heavy atom. The van der Waals surface area contributed by atoms with Gasteiger partial charge in [-0.15, -0.1) is 0 Å².